The zero-order valence-electron chi connectivity index (χ0n) is 16.8. The highest BCUT2D eigenvalue weighted by Gasteiger charge is 2.42. The van der Waals surface area contributed by atoms with Crippen molar-refractivity contribution < 1.29 is 23.2 Å². The van der Waals surface area contributed by atoms with Crippen molar-refractivity contribution in [3.8, 4) is 11.5 Å². The molecule has 2 aliphatic rings. The van der Waals surface area contributed by atoms with Crippen LogP contribution in [0.1, 0.15) is 25.0 Å². The van der Waals surface area contributed by atoms with Crippen molar-refractivity contribution in [2.45, 2.75) is 13.8 Å². The van der Waals surface area contributed by atoms with Crippen LogP contribution in [0.4, 0.5) is 0 Å². The van der Waals surface area contributed by atoms with Gasteiger partial charge in [-0.1, -0.05) is 34.5 Å². The Labute approximate surface area is 178 Å². The van der Waals surface area contributed by atoms with E-state index in [1.165, 1.54) is 0 Å². The van der Waals surface area contributed by atoms with Crippen molar-refractivity contribution in [1.82, 2.24) is 0 Å². The van der Waals surface area contributed by atoms with Crippen LogP contribution in [0.3, 0.4) is 0 Å². The number of para-hydroxylation sites is 2. The maximum Gasteiger partial charge on any atom is 0.779 e. The molecule has 0 spiro atoms. The Morgan fingerprint density at radius 1 is 0.645 bits per heavy atom. The van der Waals surface area contributed by atoms with Crippen molar-refractivity contribution in [3.05, 3.63) is 59.7 Å². The van der Waals surface area contributed by atoms with Gasteiger partial charge < -0.3 is 34.7 Å². The van der Waals surface area contributed by atoms with E-state index >= 15 is 0 Å². The molecule has 156 valence electrons. The summed E-state index contributed by atoms with van der Waals surface area (Å²) in [4.78, 5) is 0. The van der Waals surface area contributed by atoms with Gasteiger partial charge in [-0.2, -0.15) is 10.2 Å². The molecule has 0 aliphatic carbocycles. The van der Waals surface area contributed by atoms with Gasteiger partial charge in [0.2, 0.25) is 0 Å². The molecule has 31 heavy (non-hydrogen) atoms. The third-order valence-electron chi connectivity index (χ3n) is 4.25. The van der Waals surface area contributed by atoms with E-state index in [-0.39, 0.29) is 12.0 Å². The van der Waals surface area contributed by atoms with Crippen LogP contribution >= 0.6 is 0 Å². The molecule has 0 radical (unpaired) electrons. The summed E-state index contributed by atoms with van der Waals surface area (Å²) in [6.07, 6.45) is 0. The number of hydrogen-bond donors (Lipinski definition) is 2. The normalized spacial score (nSPS) is 16.2. The predicted molar refractivity (Wildman–Crippen MR) is 117 cm³/mol. The molecular weight excluding hydrogens is 402 g/mol. The van der Waals surface area contributed by atoms with E-state index in [2.05, 4.69) is 20.4 Å². The topological polar surface area (TPSA) is 148 Å². The lowest BCUT2D eigenvalue weighted by atomic mass is 10.1. The van der Waals surface area contributed by atoms with Gasteiger partial charge in [0.05, 0.1) is 11.4 Å². The number of amidine groups is 2. The summed E-state index contributed by atoms with van der Waals surface area (Å²) in [5.74, 6) is 0.867. The molecule has 11 nitrogen and oxygen atoms in total. The van der Waals surface area contributed by atoms with Crippen LogP contribution < -0.4 is 20.8 Å². The summed E-state index contributed by atoms with van der Waals surface area (Å²) in [5, 5.41) is 15.7. The van der Waals surface area contributed by atoms with Gasteiger partial charge in [-0.25, -0.2) is 0 Å². The van der Waals surface area contributed by atoms with E-state index in [0.717, 1.165) is 0 Å². The maximum atomic E-state index is 5.85. The molecule has 0 saturated carbocycles. The van der Waals surface area contributed by atoms with Crippen molar-refractivity contribution >= 4 is 38.1 Å². The van der Waals surface area contributed by atoms with Gasteiger partial charge >= 0.3 is 14.6 Å². The molecule has 4 rings (SSSR count). The lowest BCUT2D eigenvalue weighted by Crippen LogP contribution is -2.46. The largest absolute Gasteiger partial charge is 0.779 e. The monoisotopic (exact) mass is 420 g/mol. The smallest absolute Gasteiger partial charge is 0.501 e. The standard InChI is InChI=1S/C18H18B2N6O5/c1-11-13-7-3-5-9-15(13)27-19(29-17(21)25-23-11)31-20-28-16-10-6-4-8-14(16)12(2)24-26-18(22)30-20/h3-10H,1-2H3,(H2,21,25)(H2,22,26). The Morgan fingerprint density at radius 3 is 1.52 bits per heavy atom. The Hall–Kier alpha value is -3.99. The molecule has 0 unspecified atom stereocenters. The minimum absolute atomic E-state index is 0.276. The second kappa shape index (κ2) is 8.79. The number of benzene rings is 2. The number of nitrogens with two attached hydrogens (primary N) is 2. The summed E-state index contributed by atoms with van der Waals surface area (Å²) in [7, 11) is -2.81. The molecule has 2 aromatic carbocycles. The number of hydrogen-bond acceptors (Lipinski definition) is 11. The van der Waals surface area contributed by atoms with E-state index in [4.69, 9.17) is 34.7 Å². The minimum Gasteiger partial charge on any atom is -0.501 e. The second-order valence-electron chi connectivity index (χ2n) is 6.42. The summed E-state index contributed by atoms with van der Waals surface area (Å²) in [6.45, 7) is 3.53. The van der Waals surface area contributed by atoms with Crippen LogP contribution in [0.5, 0.6) is 11.5 Å². The predicted octanol–water partition coefficient (Wildman–Crippen LogP) is 1.27. The minimum atomic E-state index is -1.40. The Bertz CT molecular complexity index is 1020. The third kappa shape index (κ3) is 4.78. The molecule has 0 aromatic heterocycles. The highest BCUT2D eigenvalue weighted by molar-refractivity contribution is 6.55. The Morgan fingerprint density at radius 2 is 1.06 bits per heavy atom. The molecule has 0 bridgehead atoms. The Kier molecular flexibility index (Phi) is 5.76. The van der Waals surface area contributed by atoms with Crippen LogP contribution in [-0.2, 0) is 13.9 Å². The van der Waals surface area contributed by atoms with E-state index in [1.807, 2.05) is 24.3 Å². The molecule has 0 amide bonds. The van der Waals surface area contributed by atoms with E-state index in [1.54, 1.807) is 38.1 Å². The molecule has 2 aromatic rings. The van der Waals surface area contributed by atoms with Gasteiger partial charge in [0.1, 0.15) is 11.5 Å². The third-order valence-corrected chi connectivity index (χ3v) is 4.25. The van der Waals surface area contributed by atoms with E-state index in [0.29, 0.717) is 34.0 Å². The first-order chi connectivity index (χ1) is 15.0. The molecule has 2 heterocycles. The summed E-state index contributed by atoms with van der Waals surface area (Å²) in [5.41, 5.74) is 14.1. The number of fused-ring (bicyclic) bond motifs is 2. The van der Waals surface area contributed by atoms with Crippen LogP contribution in [0, 0.1) is 0 Å². The fourth-order valence-electron chi connectivity index (χ4n) is 2.79. The van der Waals surface area contributed by atoms with Gasteiger partial charge in [-0.3, -0.25) is 0 Å². The van der Waals surface area contributed by atoms with Crippen LogP contribution in [0.25, 0.3) is 0 Å². The zero-order valence-corrected chi connectivity index (χ0v) is 16.8. The molecule has 4 N–H and O–H groups in total. The van der Waals surface area contributed by atoms with Gasteiger partial charge in [0.15, 0.2) is 0 Å². The molecule has 2 aliphatic heterocycles. The maximum absolute atomic E-state index is 5.85. The molecule has 0 saturated heterocycles. The highest BCUT2D eigenvalue weighted by Crippen LogP contribution is 2.24. The molecule has 0 atom stereocenters. The van der Waals surface area contributed by atoms with Crippen LogP contribution in [0.2, 0.25) is 0 Å². The summed E-state index contributed by atoms with van der Waals surface area (Å²) >= 11 is 0. The Balaban J connectivity index is 1.63. The highest BCUT2D eigenvalue weighted by atomic mass is 16.8. The second-order valence-corrected chi connectivity index (χ2v) is 6.42. The molecular formula is C18H18B2N6O5. The first-order valence-electron chi connectivity index (χ1n) is 9.26. The number of rotatable bonds is 2. The molecule has 0 fully saturated rings. The van der Waals surface area contributed by atoms with Crippen molar-refractivity contribution in [2.75, 3.05) is 0 Å². The lowest BCUT2D eigenvalue weighted by Gasteiger charge is -2.20. The van der Waals surface area contributed by atoms with Gasteiger partial charge in [0.25, 0.3) is 12.0 Å². The first kappa shape index (κ1) is 20.3. The van der Waals surface area contributed by atoms with Crippen molar-refractivity contribution in [1.29, 1.82) is 0 Å². The zero-order chi connectivity index (χ0) is 21.8. The first-order valence-corrected chi connectivity index (χ1v) is 9.26. The molecule has 13 heteroatoms. The van der Waals surface area contributed by atoms with E-state index in [9.17, 15) is 0 Å². The van der Waals surface area contributed by atoms with E-state index < -0.39 is 14.6 Å². The van der Waals surface area contributed by atoms with Gasteiger partial charge in [-0.05, 0) is 38.1 Å². The van der Waals surface area contributed by atoms with Crippen LogP contribution in [-0.4, -0.2) is 38.1 Å². The summed E-state index contributed by atoms with van der Waals surface area (Å²) < 4.78 is 28.3. The number of nitrogens with zero attached hydrogens (tertiary/aromatic N) is 4. The SMILES string of the molecule is CC1=NN=C(N)OB(OB2OC(N)=NN=C(C)c3ccccc3O2)Oc2ccccc21. The summed E-state index contributed by atoms with van der Waals surface area (Å²) in [6, 6.07) is 13.8. The van der Waals surface area contributed by atoms with Gasteiger partial charge in [0, 0.05) is 11.1 Å². The van der Waals surface area contributed by atoms with Crippen molar-refractivity contribution in [2.24, 2.45) is 31.9 Å². The fraction of sp³-hybridized carbons (Fsp3) is 0.111. The lowest BCUT2D eigenvalue weighted by molar-refractivity contribution is 0.228. The van der Waals surface area contributed by atoms with Crippen molar-refractivity contribution in [3.63, 3.8) is 0 Å². The average molecular weight is 420 g/mol. The average Bonchev–Trinajstić information content (AvgIpc) is 2.85. The van der Waals surface area contributed by atoms with Gasteiger partial charge in [-0.15, -0.1) is 0 Å². The quantitative estimate of drug-likeness (QED) is 0.696. The van der Waals surface area contributed by atoms with Crippen LogP contribution in [0.15, 0.2) is 68.9 Å². The fourth-order valence-corrected chi connectivity index (χ4v) is 2.79.